The molecular weight excluding hydrogens is 204 g/mol. The molecule has 15 heavy (non-hydrogen) atoms. The maximum Gasteiger partial charge on any atom is 0.0582 e. The molecule has 0 amide bonds. The Morgan fingerprint density at radius 2 is 2.07 bits per heavy atom. The molecule has 0 bridgehead atoms. The van der Waals surface area contributed by atoms with Gasteiger partial charge in [0.2, 0.25) is 0 Å². The van der Waals surface area contributed by atoms with E-state index in [1.165, 1.54) is 4.90 Å². The molecule has 1 aromatic rings. The Labute approximate surface area is 96.2 Å². The Balaban J connectivity index is 2.16. The fraction of sp³-hybridized carbons (Fsp3) is 0.385. The van der Waals surface area contributed by atoms with Gasteiger partial charge >= 0.3 is 0 Å². The van der Waals surface area contributed by atoms with Crippen molar-refractivity contribution in [2.45, 2.75) is 30.8 Å². The summed E-state index contributed by atoms with van der Waals surface area (Å²) >= 11 is 1.80. The van der Waals surface area contributed by atoms with E-state index in [-0.39, 0.29) is 6.10 Å². The maximum atomic E-state index is 9.59. The lowest BCUT2D eigenvalue weighted by Gasteiger charge is -2.07. The molecule has 0 unspecified atom stereocenters. The van der Waals surface area contributed by atoms with E-state index in [1.807, 2.05) is 37.3 Å². The average Bonchev–Trinajstić information content (AvgIpc) is 2.28. The summed E-state index contributed by atoms with van der Waals surface area (Å²) in [6, 6.07) is 10.3. The third-order valence-corrected chi connectivity index (χ3v) is 3.15. The Morgan fingerprint density at radius 1 is 1.33 bits per heavy atom. The van der Waals surface area contributed by atoms with Crippen molar-refractivity contribution in [2.75, 3.05) is 5.75 Å². The highest BCUT2D eigenvalue weighted by atomic mass is 32.2. The fourth-order valence-electron chi connectivity index (χ4n) is 1.24. The van der Waals surface area contributed by atoms with Gasteiger partial charge in [-0.2, -0.15) is 0 Å². The zero-order chi connectivity index (χ0) is 10.9. The minimum atomic E-state index is -0.197. The molecule has 82 valence electrons. The number of thioether (sulfide) groups is 1. The number of rotatable bonds is 6. The monoisotopic (exact) mass is 222 g/mol. The summed E-state index contributed by atoms with van der Waals surface area (Å²) in [6.45, 7) is 1.98. The first-order chi connectivity index (χ1) is 7.33. The van der Waals surface area contributed by atoms with E-state index >= 15 is 0 Å². The molecule has 0 fully saturated rings. The van der Waals surface area contributed by atoms with Gasteiger partial charge in [0.05, 0.1) is 6.10 Å². The van der Waals surface area contributed by atoms with Gasteiger partial charge in [-0.15, -0.1) is 11.8 Å². The minimum Gasteiger partial charge on any atom is -0.393 e. The largest absolute Gasteiger partial charge is 0.393 e. The van der Waals surface area contributed by atoms with Crippen molar-refractivity contribution in [3.05, 3.63) is 42.5 Å². The Bertz CT molecular complexity index is 282. The molecule has 1 N–H and O–H groups in total. The van der Waals surface area contributed by atoms with Crippen molar-refractivity contribution < 1.29 is 5.11 Å². The van der Waals surface area contributed by atoms with Gasteiger partial charge in [0.25, 0.3) is 0 Å². The molecule has 1 rings (SSSR count). The molecule has 2 heteroatoms. The standard InChI is InChI=1S/C13H18OS/c1-2-3-7-12(14)10-11-15-13-8-5-4-6-9-13/h2-6,8-9,12,14H,7,10-11H2,1H3/b3-2+/t12-/m0/s1. The van der Waals surface area contributed by atoms with Crippen molar-refractivity contribution in [3.8, 4) is 0 Å². The third-order valence-electron chi connectivity index (χ3n) is 2.11. The van der Waals surface area contributed by atoms with Crippen LogP contribution in [-0.2, 0) is 0 Å². The lowest BCUT2D eigenvalue weighted by molar-refractivity contribution is 0.175. The van der Waals surface area contributed by atoms with Crippen LogP contribution in [0.4, 0.5) is 0 Å². The first kappa shape index (κ1) is 12.3. The molecule has 0 aromatic heterocycles. The first-order valence-electron chi connectivity index (χ1n) is 5.30. The average molecular weight is 222 g/mol. The smallest absolute Gasteiger partial charge is 0.0582 e. The van der Waals surface area contributed by atoms with Crippen molar-refractivity contribution in [1.29, 1.82) is 0 Å². The van der Waals surface area contributed by atoms with E-state index in [2.05, 4.69) is 12.1 Å². The number of benzene rings is 1. The summed E-state index contributed by atoms with van der Waals surface area (Å²) < 4.78 is 0. The van der Waals surface area contributed by atoms with Gasteiger partial charge in [-0.25, -0.2) is 0 Å². The summed E-state index contributed by atoms with van der Waals surface area (Å²) in [4.78, 5) is 1.27. The van der Waals surface area contributed by atoms with Crippen LogP contribution in [-0.4, -0.2) is 17.0 Å². The molecule has 0 aliphatic heterocycles. The van der Waals surface area contributed by atoms with Gasteiger partial charge in [-0.1, -0.05) is 30.4 Å². The second-order valence-electron chi connectivity index (χ2n) is 3.41. The van der Waals surface area contributed by atoms with Crippen LogP contribution in [0.1, 0.15) is 19.8 Å². The van der Waals surface area contributed by atoms with E-state index < -0.39 is 0 Å². The first-order valence-corrected chi connectivity index (χ1v) is 6.28. The highest BCUT2D eigenvalue weighted by molar-refractivity contribution is 7.99. The molecule has 1 nitrogen and oxygen atoms in total. The second-order valence-corrected chi connectivity index (χ2v) is 4.58. The Kier molecular flexibility index (Phi) is 6.21. The topological polar surface area (TPSA) is 20.2 Å². The predicted octanol–water partition coefficient (Wildman–Crippen LogP) is 3.50. The minimum absolute atomic E-state index is 0.197. The van der Waals surface area contributed by atoms with Crippen molar-refractivity contribution in [3.63, 3.8) is 0 Å². The lowest BCUT2D eigenvalue weighted by Crippen LogP contribution is -2.05. The Hall–Kier alpha value is -0.730. The normalized spacial score (nSPS) is 13.2. The quantitative estimate of drug-likeness (QED) is 0.587. The van der Waals surface area contributed by atoms with E-state index in [9.17, 15) is 5.11 Å². The van der Waals surface area contributed by atoms with Gasteiger partial charge in [0.1, 0.15) is 0 Å². The zero-order valence-electron chi connectivity index (χ0n) is 9.10. The fourth-order valence-corrected chi connectivity index (χ4v) is 2.22. The maximum absolute atomic E-state index is 9.59. The van der Waals surface area contributed by atoms with E-state index in [0.29, 0.717) is 0 Å². The van der Waals surface area contributed by atoms with Gasteiger partial charge in [-0.3, -0.25) is 0 Å². The van der Waals surface area contributed by atoms with Crippen LogP contribution in [0, 0.1) is 0 Å². The number of hydrogen-bond donors (Lipinski definition) is 1. The van der Waals surface area contributed by atoms with Gasteiger partial charge in [0, 0.05) is 10.6 Å². The van der Waals surface area contributed by atoms with E-state index in [0.717, 1.165) is 18.6 Å². The van der Waals surface area contributed by atoms with Gasteiger partial charge in [0.15, 0.2) is 0 Å². The van der Waals surface area contributed by atoms with E-state index in [4.69, 9.17) is 0 Å². The predicted molar refractivity (Wildman–Crippen MR) is 67.2 cm³/mol. The molecule has 0 aliphatic rings. The summed E-state index contributed by atoms with van der Waals surface area (Å²) in [5.41, 5.74) is 0. The van der Waals surface area contributed by atoms with Crippen LogP contribution < -0.4 is 0 Å². The number of aliphatic hydroxyl groups is 1. The molecular formula is C13H18OS. The van der Waals surface area contributed by atoms with Crippen molar-refractivity contribution >= 4 is 11.8 Å². The van der Waals surface area contributed by atoms with Crippen LogP contribution in [0.3, 0.4) is 0 Å². The molecule has 0 saturated heterocycles. The molecule has 0 saturated carbocycles. The third kappa shape index (κ3) is 5.65. The molecule has 1 aromatic carbocycles. The SMILES string of the molecule is C/C=C/C[C@H](O)CCSc1ccccc1. The van der Waals surface area contributed by atoms with Crippen LogP contribution in [0.2, 0.25) is 0 Å². The van der Waals surface area contributed by atoms with Crippen LogP contribution in [0.25, 0.3) is 0 Å². The molecule has 0 radical (unpaired) electrons. The summed E-state index contributed by atoms with van der Waals surface area (Å²) in [5.74, 6) is 0.975. The summed E-state index contributed by atoms with van der Waals surface area (Å²) in [5, 5.41) is 9.59. The molecule has 0 heterocycles. The molecule has 0 aliphatic carbocycles. The van der Waals surface area contributed by atoms with Crippen molar-refractivity contribution in [2.24, 2.45) is 0 Å². The summed E-state index contributed by atoms with van der Waals surface area (Å²) in [7, 11) is 0. The number of hydrogen-bond acceptors (Lipinski definition) is 2. The van der Waals surface area contributed by atoms with Crippen LogP contribution >= 0.6 is 11.8 Å². The van der Waals surface area contributed by atoms with E-state index in [1.54, 1.807) is 11.8 Å². The summed E-state index contributed by atoms with van der Waals surface area (Å²) in [6.07, 6.45) is 5.42. The molecule has 0 spiro atoms. The highest BCUT2D eigenvalue weighted by Crippen LogP contribution is 2.18. The second kappa shape index (κ2) is 7.55. The number of allylic oxidation sites excluding steroid dienone is 1. The highest BCUT2D eigenvalue weighted by Gasteiger charge is 2.01. The van der Waals surface area contributed by atoms with Crippen LogP contribution in [0.15, 0.2) is 47.4 Å². The van der Waals surface area contributed by atoms with Crippen LogP contribution in [0.5, 0.6) is 0 Å². The molecule has 1 atom stereocenters. The Morgan fingerprint density at radius 3 is 2.73 bits per heavy atom. The lowest BCUT2D eigenvalue weighted by atomic mass is 10.2. The number of aliphatic hydroxyl groups excluding tert-OH is 1. The van der Waals surface area contributed by atoms with Gasteiger partial charge < -0.3 is 5.11 Å². The zero-order valence-corrected chi connectivity index (χ0v) is 9.91. The van der Waals surface area contributed by atoms with Crippen molar-refractivity contribution in [1.82, 2.24) is 0 Å². The van der Waals surface area contributed by atoms with Gasteiger partial charge in [-0.05, 0) is 31.9 Å².